The second kappa shape index (κ2) is 7.56. The lowest BCUT2D eigenvalue weighted by Crippen LogP contribution is -2.51. The van der Waals surface area contributed by atoms with Crippen LogP contribution in [0.3, 0.4) is 0 Å². The molecule has 1 amide bonds. The van der Waals surface area contributed by atoms with E-state index in [-0.39, 0.29) is 29.3 Å². The van der Waals surface area contributed by atoms with Gasteiger partial charge in [-0.15, -0.1) is 0 Å². The first-order valence-corrected chi connectivity index (χ1v) is 9.86. The number of amides is 1. The SMILES string of the molecule is CNC(=O)C1Cc2ccccc2CN1S(=O)(=O)c1cc([N+](=O)[O-])ccc1OC. The van der Waals surface area contributed by atoms with E-state index < -0.39 is 26.9 Å². The van der Waals surface area contributed by atoms with Crippen LogP contribution in [0.15, 0.2) is 47.4 Å². The van der Waals surface area contributed by atoms with Gasteiger partial charge in [0, 0.05) is 25.7 Å². The monoisotopic (exact) mass is 405 g/mol. The number of rotatable bonds is 5. The average Bonchev–Trinajstić information content (AvgIpc) is 2.71. The number of nitro groups is 1. The normalized spacial score (nSPS) is 16.9. The molecule has 2 aromatic rings. The summed E-state index contributed by atoms with van der Waals surface area (Å²) >= 11 is 0. The number of carbonyl (C=O) groups is 1. The van der Waals surface area contributed by atoms with Gasteiger partial charge in [0.1, 0.15) is 16.7 Å². The first-order valence-electron chi connectivity index (χ1n) is 8.42. The van der Waals surface area contributed by atoms with E-state index in [0.29, 0.717) is 0 Å². The lowest BCUT2D eigenvalue weighted by molar-refractivity contribution is -0.385. The van der Waals surface area contributed by atoms with Crippen molar-refractivity contribution in [2.75, 3.05) is 14.2 Å². The van der Waals surface area contributed by atoms with E-state index >= 15 is 0 Å². The molecule has 1 aliphatic rings. The molecular formula is C18H19N3O6S. The number of fused-ring (bicyclic) bond motifs is 1. The van der Waals surface area contributed by atoms with Crippen molar-refractivity contribution in [2.24, 2.45) is 0 Å². The van der Waals surface area contributed by atoms with Gasteiger partial charge in [-0.2, -0.15) is 4.31 Å². The fraction of sp³-hybridized carbons (Fsp3) is 0.278. The van der Waals surface area contributed by atoms with Gasteiger partial charge in [0.25, 0.3) is 5.69 Å². The minimum absolute atomic E-state index is 0.0254. The maximum Gasteiger partial charge on any atom is 0.271 e. The van der Waals surface area contributed by atoms with Gasteiger partial charge in [0.05, 0.1) is 12.0 Å². The van der Waals surface area contributed by atoms with E-state index in [1.165, 1.54) is 26.3 Å². The van der Waals surface area contributed by atoms with Crippen molar-refractivity contribution in [3.05, 3.63) is 63.7 Å². The van der Waals surface area contributed by atoms with Crippen LogP contribution in [-0.2, 0) is 27.8 Å². The lowest BCUT2D eigenvalue weighted by atomic mass is 9.95. The summed E-state index contributed by atoms with van der Waals surface area (Å²) < 4.78 is 33.0. The van der Waals surface area contributed by atoms with Crippen molar-refractivity contribution < 1.29 is 22.9 Å². The molecule has 3 rings (SSSR count). The predicted octanol–water partition coefficient (Wildman–Crippen LogP) is 1.46. The molecule has 0 bridgehead atoms. The summed E-state index contributed by atoms with van der Waals surface area (Å²) in [5, 5.41) is 13.6. The number of benzene rings is 2. The third kappa shape index (κ3) is 3.43. The van der Waals surface area contributed by atoms with Crippen molar-refractivity contribution in [3.63, 3.8) is 0 Å². The second-order valence-electron chi connectivity index (χ2n) is 6.25. The summed E-state index contributed by atoms with van der Waals surface area (Å²) in [6, 6.07) is 9.64. The summed E-state index contributed by atoms with van der Waals surface area (Å²) in [5.74, 6) is -0.484. The Kier molecular flexibility index (Phi) is 5.34. The highest BCUT2D eigenvalue weighted by Crippen LogP contribution is 2.35. The molecule has 1 aliphatic heterocycles. The van der Waals surface area contributed by atoms with E-state index in [4.69, 9.17) is 4.74 Å². The third-order valence-electron chi connectivity index (χ3n) is 4.70. The van der Waals surface area contributed by atoms with Gasteiger partial charge in [-0.25, -0.2) is 8.42 Å². The first kappa shape index (κ1) is 19.8. The molecular weight excluding hydrogens is 386 g/mol. The summed E-state index contributed by atoms with van der Waals surface area (Å²) in [7, 11) is -1.55. The maximum absolute atomic E-state index is 13.4. The molecule has 2 aromatic carbocycles. The molecule has 0 radical (unpaired) electrons. The van der Waals surface area contributed by atoms with E-state index in [1.54, 1.807) is 12.1 Å². The van der Waals surface area contributed by atoms with Gasteiger partial charge in [0.15, 0.2) is 0 Å². The number of sulfonamides is 1. The number of hydrogen-bond acceptors (Lipinski definition) is 6. The van der Waals surface area contributed by atoms with Crippen LogP contribution in [-0.4, -0.2) is 43.8 Å². The Bertz CT molecular complexity index is 1040. The number of hydrogen-bond donors (Lipinski definition) is 1. The molecule has 0 aromatic heterocycles. The fourth-order valence-corrected chi connectivity index (χ4v) is 4.99. The van der Waals surface area contributed by atoms with Gasteiger partial charge < -0.3 is 10.1 Å². The standard InChI is InChI=1S/C18H19N3O6S/c1-19-18(22)15-9-12-5-3-4-6-13(12)11-20(15)28(25,26)17-10-14(21(23)24)7-8-16(17)27-2/h3-8,10,15H,9,11H2,1-2H3,(H,19,22). The van der Waals surface area contributed by atoms with E-state index in [0.717, 1.165) is 21.5 Å². The maximum atomic E-state index is 13.4. The zero-order chi connectivity index (χ0) is 20.5. The van der Waals surface area contributed by atoms with Crippen LogP contribution in [0.4, 0.5) is 5.69 Å². The molecule has 1 unspecified atom stereocenters. The molecule has 0 aliphatic carbocycles. The van der Waals surface area contributed by atoms with Gasteiger partial charge in [-0.3, -0.25) is 14.9 Å². The molecule has 0 saturated carbocycles. The Morgan fingerprint density at radius 2 is 1.93 bits per heavy atom. The summed E-state index contributed by atoms with van der Waals surface area (Å²) in [4.78, 5) is 22.5. The zero-order valence-electron chi connectivity index (χ0n) is 15.3. The Morgan fingerprint density at radius 3 is 2.54 bits per heavy atom. The molecule has 9 nitrogen and oxygen atoms in total. The minimum Gasteiger partial charge on any atom is -0.495 e. The van der Waals surface area contributed by atoms with Crippen molar-refractivity contribution in [3.8, 4) is 5.75 Å². The number of nitrogens with one attached hydrogen (secondary N) is 1. The van der Waals surface area contributed by atoms with E-state index in [2.05, 4.69) is 5.32 Å². The molecule has 0 fully saturated rings. The van der Waals surface area contributed by atoms with Crippen molar-refractivity contribution in [1.82, 2.24) is 9.62 Å². The van der Waals surface area contributed by atoms with Crippen molar-refractivity contribution >= 4 is 21.6 Å². The topological polar surface area (TPSA) is 119 Å². The highest BCUT2D eigenvalue weighted by atomic mass is 32.2. The first-order chi connectivity index (χ1) is 13.3. The Hall–Kier alpha value is -2.98. The lowest BCUT2D eigenvalue weighted by Gasteiger charge is -2.34. The molecule has 1 atom stereocenters. The number of non-ortho nitro benzene ring substituents is 1. The van der Waals surface area contributed by atoms with Crippen LogP contribution >= 0.6 is 0 Å². The van der Waals surface area contributed by atoms with Crippen LogP contribution in [0, 0.1) is 10.1 Å². The predicted molar refractivity (Wildman–Crippen MR) is 100 cm³/mol. The molecule has 148 valence electrons. The zero-order valence-corrected chi connectivity index (χ0v) is 16.1. The second-order valence-corrected chi connectivity index (χ2v) is 8.10. The van der Waals surface area contributed by atoms with Crippen LogP contribution in [0.2, 0.25) is 0 Å². The molecule has 1 heterocycles. The summed E-state index contributed by atoms with van der Waals surface area (Å²) in [6.07, 6.45) is 0.201. The van der Waals surface area contributed by atoms with E-state index in [9.17, 15) is 23.3 Å². The number of ether oxygens (including phenoxy) is 1. The van der Waals surface area contributed by atoms with Gasteiger partial charge in [-0.05, 0) is 23.6 Å². The molecule has 0 saturated heterocycles. The smallest absolute Gasteiger partial charge is 0.271 e. The number of nitrogens with zero attached hydrogens (tertiary/aromatic N) is 2. The molecule has 28 heavy (non-hydrogen) atoms. The fourth-order valence-electron chi connectivity index (χ4n) is 3.25. The number of carbonyl (C=O) groups excluding carboxylic acids is 1. The third-order valence-corrected chi connectivity index (χ3v) is 6.58. The molecule has 1 N–H and O–H groups in total. The summed E-state index contributed by atoms with van der Waals surface area (Å²) in [6.45, 7) is -0.0254. The van der Waals surface area contributed by atoms with Crippen LogP contribution in [0.1, 0.15) is 11.1 Å². The molecule has 10 heteroatoms. The quantitative estimate of drug-likeness (QED) is 0.594. The van der Waals surface area contributed by atoms with Crippen molar-refractivity contribution in [2.45, 2.75) is 23.9 Å². The Morgan fingerprint density at radius 1 is 1.25 bits per heavy atom. The van der Waals surface area contributed by atoms with Crippen LogP contribution in [0.25, 0.3) is 0 Å². The number of methoxy groups -OCH3 is 1. The minimum atomic E-state index is -4.26. The highest BCUT2D eigenvalue weighted by molar-refractivity contribution is 7.89. The Balaban J connectivity index is 2.15. The van der Waals surface area contributed by atoms with Gasteiger partial charge >= 0.3 is 0 Å². The van der Waals surface area contributed by atoms with Crippen molar-refractivity contribution in [1.29, 1.82) is 0 Å². The highest BCUT2D eigenvalue weighted by Gasteiger charge is 2.41. The van der Waals surface area contributed by atoms with Gasteiger partial charge in [-0.1, -0.05) is 24.3 Å². The largest absolute Gasteiger partial charge is 0.495 e. The van der Waals surface area contributed by atoms with E-state index in [1.807, 2.05) is 12.1 Å². The van der Waals surface area contributed by atoms with Gasteiger partial charge in [0.2, 0.25) is 15.9 Å². The number of likely N-dealkylation sites (N-methyl/N-ethyl adjacent to an activating group) is 1. The average molecular weight is 405 g/mol. The van der Waals surface area contributed by atoms with Crippen LogP contribution < -0.4 is 10.1 Å². The summed E-state index contributed by atoms with van der Waals surface area (Å²) in [5.41, 5.74) is 1.28. The number of nitro benzene ring substituents is 1. The Labute approximate surface area is 162 Å². The molecule has 0 spiro atoms. The van der Waals surface area contributed by atoms with Crippen LogP contribution in [0.5, 0.6) is 5.75 Å².